The molecule has 7 nitrogen and oxygen atoms in total. The predicted molar refractivity (Wildman–Crippen MR) is 97.4 cm³/mol. The van der Waals surface area contributed by atoms with Crippen LogP contribution in [0.25, 0.3) is 5.69 Å². The van der Waals surface area contributed by atoms with E-state index in [9.17, 15) is 9.59 Å². The fourth-order valence-electron chi connectivity index (χ4n) is 2.37. The summed E-state index contributed by atoms with van der Waals surface area (Å²) in [6.45, 7) is 0. The summed E-state index contributed by atoms with van der Waals surface area (Å²) in [7, 11) is 1.24. The lowest BCUT2D eigenvalue weighted by Gasteiger charge is -2.12. The quantitative estimate of drug-likeness (QED) is 0.643. The lowest BCUT2D eigenvalue weighted by Crippen LogP contribution is -2.24. The van der Waals surface area contributed by atoms with E-state index in [0.29, 0.717) is 0 Å². The van der Waals surface area contributed by atoms with Crippen LogP contribution in [0.15, 0.2) is 59.5 Å². The predicted octanol–water partition coefficient (Wildman–Crippen LogP) is 3.34. The van der Waals surface area contributed by atoms with Gasteiger partial charge in [-0.3, -0.25) is 4.79 Å². The number of methoxy groups -OCH3 is 1. The first-order valence-electron chi connectivity index (χ1n) is 7.69. The monoisotopic (exact) mass is 381 g/mol. The molecule has 8 heteroatoms. The molecule has 0 radical (unpaired) electrons. The summed E-state index contributed by atoms with van der Waals surface area (Å²) in [6.07, 6.45) is 1.24. The molecule has 1 heterocycles. The Bertz CT molecular complexity index is 1120. The molecule has 27 heavy (non-hydrogen) atoms. The Balaban J connectivity index is 2.06. The van der Waals surface area contributed by atoms with E-state index in [1.54, 1.807) is 42.5 Å². The van der Waals surface area contributed by atoms with E-state index in [2.05, 4.69) is 5.10 Å². The van der Waals surface area contributed by atoms with Crippen LogP contribution in [0.3, 0.4) is 0 Å². The van der Waals surface area contributed by atoms with E-state index < -0.39 is 11.5 Å². The van der Waals surface area contributed by atoms with Crippen molar-refractivity contribution in [2.75, 3.05) is 7.11 Å². The van der Waals surface area contributed by atoms with Gasteiger partial charge in [0.25, 0.3) is 5.56 Å². The molecule has 1 aromatic heterocycles. The minimum atomic E-state index is -0.681. The molecule has 0 saturated carbocycles. The Hall–Kier alpha value is -3.63. The molecule has 3 rings (SSSR count). The summed E-state index contributed by atoms with van der Waals surface area (Å²) >= 11 is 6.16. The summed E-state index contributed by atoms with van der Waals surface area (Å²) in [6, 6.07) is 14.9. The van der Waals surface area contributed by atoms with Crippen LogP contribution in [0.5, 0.6) is 11.5 Å². The molecule has 0 saturated heterocycles. The van der Waals surface area contributed by atoms with Crippen molar-refractivity contribution in [1.29, 1.82) is 5.26 Å². The van der Waals surface area contributed by atoms with Gasteiger partial charge in [0.1, 0.15) is 11.8 Å². The van der Waals surface area contributed by atoms with Gasteiger partial charge in [0, 0.05) is 0 Å². The van der Waals surface area contributed by atoms with Gasteiger partial charge >= 0.3 is 5.97 Å². The highest BCUT2D eigenvalue weighted by molar-refractivity contribution is 6.31. The van der Waals surface area contributed by atoms with Gasteiger partial charge in [0.05, 0.1) is 30.1 Å². The van der Waals surface area contributed by atoms with E-state index in [1.807, 2.05) is 6.07 Å². The highest BCUT2D eigenvalue weighted by Gasteiger charge is 2.18. The van der Waals surface area contributed by atoms with Crippen LogP contribution in [0, 0.1) is 11.3 Å². The SMILES string of the molecule is COC(=O)c1ccccc1-n1ncc(Oc2ccccc2C#N)c(Cl)c1=O. The van der Waals surface area contributed by atoms with Crippen molar-refractivity contribution in [3.8, 4) is 23.3 Å². The van der Waals surface area contributed by atoms with E-state index in [1.165, 1.54) is 19.4 Å². The number of hydrogen-bond donors (Lipinski definition) is 0. The van der Waals surface area contributed by atoms with Crippen LogP contribution in [-0.2, 0) is 4.74 Å². The number of carbonyl (C=O) groups excluding carboxylic acids is 1. The van der Waals surface area contributed by atoms with Gasteiger partial charge in [0.2, 0.25) is 0 Å². The summed E-state index contributed by atoms with van der Waals surface area (Å²) in [5, 5.41) is 12.9. The molecule has 0 fully saturated rings. The van der Waals surface area contributed by atoms with Crippen LogP contribution in [0.4, 0.5) is 0 Å². The largest absolute Gasteiger partial charge is 0.465 e. The maximum Gasteiger partial charge on any atom is 0.340 e. The van der Waals surface area contributed by atoms with Crippen molar-refractivity contribution in [2.45, 2.75) is 0 Å². The summed E-state index contributed by atoms with van der Waals surface area (Å²) in [4.78, 5) is 24.6. The van der Waals surface area contributed by atoms with E-state index in [4.69, 9.17) is 26.3 Å². The van der Waals surface area contributed by atoms with Gasteiger partial charge in [-0.1, -0.05) is 35.9 Å². The number of benzene rings is 2. The van der Waals surface area contributed by atoms with E-state index >= 15 is 0 Å². The fourth-order valence-corrected chi connectivity index (χ4v) is 2.54. The molecule has 134 valence electrons. The lowest BCUT2D eigenvalue weighted by molar-refractivity contribution is 0.0600. The Kier molecular flexibility index (Phi) is 5.20. The van der Waals surface area contributed by atoms with Gasteiger partial charge in [-0.15, -0.1) is 0 Å². The molecule has 0 spiro atoms. The van der Waals surface area contributed by atoms with Crippen LogP contribution >= 0.6 is 11.6 Å². The standard InChI is InChI=1S/C19H12ClN3O4/c1-26-19(25)13-7-3-4-8-14(13)23-18(24)17(20)16(11-22-23)27-15-9-5-2-6-12(15)10-21/h2-9,11H,1H3. The number of rotatable bonds is 4. The van der Waals surface area contributed by atoms with Gasteiger partial charge in [-0.25, -0.2) is 4.79 Å². The highest BCUT2D eigenvalue weighted by atomic mass is 35.5. The molecule has 0 atom stereocenters. The molecule has 0 aliphatic carbocycles. The topological polar surface area (TPSA) is 94.2 Å². The first kappa shape index (κ1) is 18.2. The lowest BCUT2D eigenvalue weighted by atomic mass is 10.2. The molecule has 3 aromatic rings. The number of carbonyl (C=O) groups is 1. The number of nitriles is 1. The van der Waals surface area contributed by atoms with Gasteiger partial charge in [-0.05, 0) is 24.3 Å². The van der Waals surface area contributed by atoms with Crippen molar-refractivity contribution < 1.29 is 14.3 Å². The maximum atomic E-state index is 12.7. The smallest absolute Gasteiger partial charge is 0.340 e. The average molecular weight is 382 g/mol. The van der Waals surface area contributed by atoms with Crippen LogP contribution in [-0.4, -0.2) is 22.9 Å². The second-order valence-corrected chi connectivity index (χ2v) is 5.64. The summed E-state index contributed by atoms with van der Waals surface area (Å²) in [5.41, 5.74) is -0.0110. The Labute approximate surface area is 159 Å². The minimum Gasteiger partial charge on any atom is -0.465 e. The van der Waals surface area contributed by atoms with Crippen molar-refractivity contribution in [3.05, 3.63) is 81.2 Å². The van der Waals surface area contributed by atoms with Gasteiger partial charge < -0.3 is 9.47 Å². The van der Waals surface area contributed by atoms with Crippen LogP contribution < -0.4 is 10.3 Å². The zero-order valence-electron chi connectivity index (χ0n) is 14.0. The van der Waals surface area contributed by atoms with Gasteiger partial charge in [-0.2, -0.15) is 15.0 Å². The second kappa shape index (κ2) is 7.72. The normalized spacial score (nSPS) is 10.1. The number of esters is 1. The Morgan fingerprint density at radius 2 is 1.85 bits per heavy atom. The van der Waals surface area contributed by atoms with Crippen LogP contribution in [0.2, 0.25) is 5.02 Å². The summed E-state index contributed by atoms with van der Waals surface area (Å²) < 4.78 is 11.3. The number of para-hydroxylation sites is 2. The number of aromatic nitrogens is 2. The van der Waals surface area contributed by atoms with Crippen molar-refractivity contribution >= 4 is 17.6 Å². The molecule has 0 unspecified atom stereocenters. The molecule has 0 aliphatic rings. The molecular formula is C19H12ClN3O4. The number of nitrogens with zero attached hydrogens (tertiary/aromatic N) is 3. The Morgan fingerprint density at radius 1 is 1.15 bits per heavy atom. The maximum absolute atomic E-state index is 12.7. The van der Waals surface area contributed by atoms with E-state index in [-0.39, 0.29) is 33.3 Å². The number of ether oxygens (including phenoxy) is 2. The molecule has 0 bridgehead atoms. The zero-order valence-corrected chi connectivity index (χ0v) is 14.8. The highest BCUT2D eigenvalue weighted by Crippen LogP contribution is 2.28. The molecule has 0 N–H and O–H groups in total. The number of hydrogen-bond acceptors (Lipinski definition) is 6. The molecule has 2 aromatic carbocycles. The second-order valence-electron chi connectivity index (χ2n) is 5.26. The minimum absolute atomic E-state index is 0.00355. The van der Waals surface area contributed by atoms with E-state index in [0.717, 1.165) is 4.68 Å². The number of halogens is 1. The van der Waals surface area contributed by atoms with Crippen molar-refractivity contribution in [2.24, 2.45) is 0 Å². The first-order valence-corrected chi connectivity index (χ1v) is 8.07. The molecule has 0 amide bonds. The zero-order chi connectivity index (χ0) is 19.4. The molecule has 0 aliphatic heterocycles. The van der Waals surface area contributed by atoms with Crippen LogP contribution in [0.1, 0.15) is 15.9 Å². The van der Waals surface area contributed by atoms with Crippen molar-refractivity contribution in [3.63, 3.8) is 0 Å². The third kappa shape index (κ3) is 3.52. The first-order chi connectivity index (χ1) is 13.1. The van der Waals surface area contributed by atoms with Crippen molar-refractivity contribution in [1.82, 2.24) is 9.78 Å². The average Bonchev–Trinajstić information content (AvgIpc) is 2.71. The summed E-state index contributed by atoms with van der Waals surface area (Å²) in [5.74, 6) is -0.370. The van der Waals surface area contributed by atoms with Gasteiger partial charge in [0.15, 0.2) is 10.8 Å². The fraction of sp³-hybridized carbons (Fsp3) is 0.0526. The Morgan fingerprint density at radius 3 is 2.59 bits per heavy atom. The third-order valence-corrected chi connectivity index (χ3v) is 4.00. The molecular weight excluding hydrogens is 370 g/mol. The third-order valence-electron chi connectivity index (χ3n) is 3.65.